The Morgan fingerprint density at radius 3 is 2.35 bits per heavy atom. The van der Waals surface area contributed by atoms with E-state index in [1.54, 1.807) is 7.11 Å². The van der Waals surface area contributed by atoms with Crippen molar-refractivity contribution in [2.45, 2.75) is 39.3 Å². The van der Waals surface area contributed by atoms with Gasteiger partial charge in [0.1, 0.15) is 0 Å². The van der Waals surface area contributed by atoms with Gasteiger partial charge in [-0.1, -0.05) is 19.1 Å². The third kappa shape index (κ3) is 4.19. The number of nitrogens with one attached hydrogen (secondary N) is 1. The van der Waals surface area contributed by atoms with Crippen LogP contribution in [0, 0.1) is 0 Å². The van der Waals surface area contributed by atoms with Crippen LogP contribution in [-0.4, -0.2) is 18.6 Å². The summed E-state index contributed by atoms with van der Waals surface area (Å²) in [5.41, 5.74) is 1.59. The fourth-order valence-corrected chi connectivity index (χ4v) is 1.39. The van der Waals surface area contributed by atoms with E-state index in [1.165, 1.54) is 0 Å². The summed E-state index contributed by atoms with van der Waals surface area (Å²) in [7, 11) is 1.66. The van der Waals surface area contributed by atoms with Crippen LogP contribution in [0.15, 0.2) is 24.3 Å². The number of hydrogen-bond acceptors (Lipinski definition) is 2. The summed E-state index contributed by atoms with van der Waals surface area (Å²) in [5, 5.41) is 3.00. The van der Waals surface area contributed by atoms with Crippen molar-refractivity contribution in [2.24, 2.45) is 0 Å². The van der Waals surface area contributed by atoms with Crippen molar-refractivity contribution < 1.29 is 9.53 Å². The third-order valence-electron chi connectivity index (χ3n) is 2.86. The number of rotatable bonds is 5. The first-order valence-corrected chi connectivity index (χ1v) is 5.89. The molecule has 0 heterocycles. The van der Waals surface area contributed by atoms with Gasteiger partial charge in [0.15, 0.2) is 0 Å². The fourth-order valence-electron chi connectivity index (χ4n) is 1.39. The number of ether oxygens (including phenoxy) is 1. The van der Waals surface area contributed by atoms with E-state index in [0.717, 1.165) is 12.0 Å². The van der Waals surface area contributed by atoms with Crippen molar-refractivity contribution in [3.63, 3.8) is 0 Å². The number of benzene rings is 1. The van der Waals surface area contributed by atoms with Crippen LogP contribution in [0.1, 0.15) is 43.1 Å². The monoisotopic (exact) mass is 235 g/mol. The molecule has 17 heavy (non-hydrogen) atoms. The van der Waals surface area contributed by atoms with E-state index in [-0.39, 0.29) is 11.4 Å². The molecular formula is C14H21NO2. The molecule has 1 N–H and O–H groups in total. The van der Waals surface area contributed by atoms with Crippen molar-refractivity contribution in [2.75, 3.05) is 7.11 Å². The summed E-state index contributed by atoms with van der Waals surface area (Å²) in [6.07, 6.45) is 0.903. The highest BCUT2D eigenvalue weighted by Gasteiger charge is 2.18. The molecule has 0 aliphatic heterocycles. The zero-order chi connectivity index (χ0) is 12.9. The molecule has 3 nitrogen and oxygen atoms in total. The Bertz CT molecular complexity index is 368. The van der Waals surface area contributed by atoms with Crippen LogP contribution in [0.5, 0.6) is 0 Å². The highest BCUT2D eigenvalue weighted by molar-refractivity contribution is 5.94. The van der Waals surface area contributed by atoms with E-state index < -0.39 is 0 Å². The number of carbonyl (C=O) groups is 1. The molecule has 0 bridgehead atoms. The van der Waals surface area contributed by atoms with Crippen LogP contribution in [0.25, 0.3) is 0 Å². The number of hydrogen-bond donors (Lipinski definition) is 1. The van der Waals surface area contributed by atoms with Gasteiger partial charge in [0, 0.05) is 18.2 Å². The van der Waals surface area contributed by atoms with Crippen LogP contribution >= 0.6 is 0 Å². The van der Waals surface area contributed by atoms with Crippen LogP contribution in [0.2, 0.25) is 0 Å². The zero-order valence-corrected chi connectivity index (χ0v) is 11.0. The minimum Gasteiger partial charge on any atom is -0.380 e. The highest BCUT2D eigenvalue weighted by atomic mass is 16.5. The summed E-state index contributed by atoms with van der Waals surface area (Å²) < 4.78 is 5.03. The maximum absolute atomic E-state index is 11.9. The molecule has 0 aromatic heterocycles. The lowest BCUT2D eigenvalue weighted by molar-refractivity contribution is 0.0911. The molecule has 0 saturated carbocycles. The Morgan fingerprint density at radius 2 is 1.88 bits per heavy atom. The maximum atomic E-state index is 11.9. The average molecular weight is 235 g/mol. The van der Waals surface area contributed by atoms with Gasteiger partial charge in [-0.2, -0.15) is 0 Å². The lowest BCUT2D eigenvalue weighted by Gasteiger charge is -2.24. The topological polar surface area (TPSA) is 38.3 Å². The summed E-state index contributed by atoms with van der Waals surface area (Å²) in [4.78, 5) is 11.9. The molecule has 1 rings (SSSR count). The van der Waals surface area contributed by atoms with Crippen molar-refractivity contribution in [1.82, 2.24) is 5.32 Å². The van der Waals surface area contributed by atoms with Gasteiger partial charge in [0.25, 0.3) is 5.91 Å². The smallest absolute Gasteiger partial charge is 0.251 e. The summed E-state index contributed by atoms with van der Waals surface area (Å²) >= 11 is 0. The molecular weight excluding hydrogens is 214 g/mol. The van der Waals surface area contributed by atoms with Crippen molar-refractivity contribution in [3.8, 4) is 0 Å². The standard InChI is InChI=1S/C14H21NO2/c1-5-14(2,3)15-13(16)12-8-6-11(7-9-12)10-17-4/h6-9H,5,10H2,1-4H3,(H,15,16). The van der Waals surface area contributed by atoms with Crippen molar-refractivity contribution in [3.05, 3.63) is 35.4 Å². The van der Waals surface area contributed by atoms with E-state index in [2.05, 4.69) is 12.2 Å². The van der Waals surface area contributed by atoms with Crippen LogP contribution < -0.4 is 5.32 Å². The highest BCUT2D eigenvalue weighted by Crippen LogP contribution is 2.10. The van der Waals surface area contributed by atoms with Gasteiger partial charge in [-0.3, -0.25) is 4.79 Å². The summed E-state index contributed by atoms with van der Waals surface area (Å²) in [6, 6.07) is 7.49. The molecule has 0 aliphatic carbocycles. The second kappa shape index (κ2) is 5.82. The van der Waals surface area contributed by atoms with E-state index in [1.807, 2.05) is 38.1 Å². The largest absolute Gasteiger partial charge is 0.380 e. The van der Waals surface area contributed by atoms with E-state index in [0.29, 0.717) is 12.2 Å². The molecule has 3 heteroatoms. The predicted octanol–water partition coefficient (Wildman–Crippen LogP) is 2.75. The van der Waals surface area contributed by atoms with E-state index >= 15 is 0 Å². The Morgan fingerprint density at radius 1 is 1.29 bits per heavy atom. The van der Waals surface area contributed by atoms with Crippen LogP contribution in [0.4, 0.5) is 0 Å². The van der Waals surface area contributed by atoms with Crippen LogP contribution in [0.3, 0.4) is 0 Å². The molecule has 1 aromatic rings. The van der Waals surface area contributed by atoms with Gasteiger partial charge in [0.2, 0.25) is 0 Å². The summed E-state index contributed by atoms with van der Waals surface area (Å²) in [6.45, 7) is 6.67. The first-order valence-electron chi connectivity index (χ1n) is 5.89. The molecule has 1 aromatic carbocycles. The average Bonchev–Trinajstić information content (AvgIpc) is 2.30. The molecule has 0 unspecified atom stereocenters. The Labute approximate surface area is 103 Å². The lowest BCUT2D eigenvalue weighted by atomic mass is 10.0. The third-order valence-corrected chi connectivity index (χ3v) is 2.86. The lowest BCUT2D eigenvalue weighted by Crippen LogP contribution is -2.42. The van der Waals surface area contributed by atoms with Gasteiger partial charge in [0.05, 0.1) is 6.61 Å². The molecule has 0 spiro atoms. The zero-order valence-electron chi connectivity index (χ0n) is 11.0. The van der Waals surface area contributed by atoms with E-state index in [4.69, 9.17) is 4.74 Å². The SMILES string of the molecule is CCC(C)(C)NC(=O)c1ccc(COC)cc1. The molecule has 0 radical (unpaired) electrons. The quantitative estimate of drug-likeness (QED) is 0.852. The second-order valence-corrected chi connectivity index (χ2v) is 4.82. The van der Waals surface area contributed by atoms with E-state index in [9.17, 15) is 4.79 Å². The number of methoxy groups -OCH3 is 1. The summed E-state index contributed by atoms with van der Waals surface area (Å²) in [5.74, 6) is -0.0270. The molecule has 0 aliphatic rings. The molecule has 0 saturated heterocycles. The predicted molar refractivity (Wildman–Crippen MR) is 69.0 cm³/mol. The maximum Gasteiger partial charge on any atom is 0.251 e. The minimum atomic E-state index is -0.164. The Hall–Kier alpha value is -1.35. The molecule has 0 atom stereocenters. The minimum absolute atomic E-state index is 0.0270. The molecule has 1 amide bonds. The van der Waals surface area contributed by atoms with Crippen LogP contribution in [-0.2, 0) is 11.3 Å². The second-order valence-electron chi connectivity index (χ2n) is 4.82. The van der Waals surface area contributed by atoms with Gasteiger partial charge < -0.3 is 10.1 Å². The normalized spacial score (nSPS) is 11.3. The van der Waals surface area contributed by atoms with Gasteiger partial charge in [-0.05, 0) is 38.0 Å². The van der Waals surface area contributed by atoms with Gasteiger partial charge in [-0.15, -0.1) is 0 Å². The van der Waals surface area contributed by atoms with Gasteiger partial charge in [-0.25, -0.2) is 0 Å². The Kier molecular flexibility index (Phi) is 4.70. The first kappa shape index (κ1) is 13.7. The molecule has 0 fully saturated rings. The number of carbonyl (C=O) groups excluding carboxylic acids is 1. The Balaban J connectivity index is 2.70. The van der Waals surface area contributed by atoms with Crippen molar-refractivity contribution >= 4 is 5.91 Å². The molecule has 94 valence electrons. The van der Waals surface area contributed by atoms with Crippen molar-refractivity contribution in [1.29, 1.82) is 0 Å². The first-order chi connectivity index (χ1) is 7.98. The van der Waals surface area contributed by atoms with Gasteiger partial charge >= 0.3 is 0 Å². The number of amides is 1. The fraction of sp³-hybridized carbons (Fsp3) is 0.500.